The predicted octanol–water partition coefficient (Wildman–Crippen LogP) is 4.30. The number of hydrogen-bond donors (Lipinski definition) is 2. The highest BCUT2D eigenvalue weighted by Gasteiger charge is 2.30. The number of hydrogen-bond acceptors (Lipinski definition) is 5. The maximum atomic E-state index is 11.6. The molecule has 7 nitrogen and oxygen atoms in total. The van der Waals surface area contributed by atoms with Gasteiger partial charge in [0.05, 0.1) is 33.9 Å². The maximum absolute atomic E-state index is 11.6. The Balaban J connectivity index is 1.61. The Labute approximate surface area is 205 Å². The molecule has 35 heavy (non-hydrogen) atoms. The van der Waals surface area contributed by atoms with Gasteiger partial charge >= 0.3 is 5.97 Å². The van der Waals surface area contributed by atoms with Gasteiger partial charge in [0.2, 0.25) is 5.75 Å². The molecule has 0 fully saturated rings. The molecule has 1 heterocycles. The Morgan fingerprint density at radius 3 is 2.20 bits per heavy atom. The number of carbonyl (C=O) groups is 1. The van der Waals surface area contributed by atoms with Crippen molar-refractivity contribution in [1.82, 2.24) is 4.57 Å². The van der Waals surface area contributed by atoms with E-state index in [0.717, 1.165) is 24.8 Å². The van der Waals surface area contributed by atoms with E-state index in [-0.39, 0.29) is 12.3 Å². The molecule has 186 valence electrons. The average Bonchev–Trinajstić information content (AvgIpc) is 3.47. The Kier molecular flexibility index (Phi) is 7.66. The second-order valence-corrected chi connectivity index (χ2v) is 9.23. The van der Waals surface area contributed by atoms with E-state index in [1.807, 2.05) is 23.0 Å². The molecule has 0 saturated heterocycles. The molecule has 2 atom stereocenters. The molecule has 1 aliphatic rings. The summed E-state index contributed by atoms with van der Waals surface area (Å²) in [7, 11) is 4.67. The Morgan fingerprint density at radius 2 is 1.66 bits per heavy atom. The number of rotatable bonds is 11. The molecule has 0 saturated carbocycles. The van der Waals surface area contributed by atoms with E-state index in [9.17, 15) is 9.90 Å². The van der Waals surface area contributed by atoms with Crippen LogP contribution in [0.3, 0.4) is 0 Å². The molecular weight excluding hydrogens is 446 g/mol. The minimum absolute atomic E-state index is 0.0228. The average molecular weight is 480 g/mol. The van der Waals surface area contributed by atoms with E-state index in [0.29, 0.717) is 35.3 Å². The van der Waals surface area contributed by atoms with Gasteiger partial charge in [0.15, 0.2) is 11.5 Å². The maximum Gasteiger partial charge on any atom is 0.307 e. The molecule has 0 spiro atoms. The second kappa shape index (κ2) is 10.9. The van der Waals surface area contributed by atoms with Crippen LogP contribution in [-0.4, -0.2) is 42.1 Å². The van der Waals surface area contributed by atoms with Crippen LogP contribution in [0.4, 0.5) is 0 Å². The molecule has 0 bridgehead atoms. The number of methoxy groups -OCH3 is 3. The van der Waals surface area contributed by atoms with E-state index in [1.165, 1.54) is 11.1 Å². The van der Waals surface area contributed by atoms with Crippen molar-refractivity contribution in [3.8, 4) is 17.2 Å². The predicted molar refractivity (Wildman–Crippen MR) is 132 cm³/mol. The fourth-order valence-electron chi connectivity index (χ4n) is 5.25. The number of benzene rings is 2. The SMILES string of the molecule is COc1cc([C@@H](O)[C@@H](CC2Cc3ccccc3C2)Cn2ccc(CC(=O)O)c2)cc(OC)c1OC. The summed E-state index contributed by atoms with van der Waals surface area (Å²) in [6, 6.07) is 13.9. The van der Waals surface area contributed by atoms with E-state index in [4.69, 9.17) is 19.3 Å². The number of ether oxygens (including phenoxy) is 3. The van der Waals surface area contributed by atoms with E-state index >= 15 is 0 Å². The van der Waals surface area contributed by atoms with Crippen LogP contribution in [0.2, 0.25) is 0 Å². The smallest absolute Gasteiger partial charge is 0.307 e. The number of aromatic nitrogens is 1. The lowest BCUT2D eigenvalue weighted by molar-refractivity contribution is -0.136. The third-order valence-electron chi connectivity index (χ3n) is 6.86. The Morgan fingerprint density at radius 1 is 1.03 bits per heavy atom. The molecule has 7 heteroatoms. The molecule has 1 aliphatic carbocycles. The number of carboxylic acids is 1. The van der Waals surface area contributed by atoms with E-state index in [1.54, 1.807) is 33.5 Å². The van der Waals surface area contributed by atoms with Crippen molar-refractivity contribution >= 4 is 5.97 Å². The summed E-state index contributed by atoms with van der Waals surface area (Å²) in [6.45, 7) is 0.560. The van der Waals surface area contributed by atoms with Crippen molar-refractivity contribution in [2.24, 2.45) is 11.8 Å². The zero-order valence-electron chi connectivity index (χ0n) is 20.4. The topological polar surface area (TPSA) is 90.2 Å². The van der Waals surface area contributed by atoms with Crippen LogP contribution in [-0.2, 0) is 30.6 Å². The summed E-state index contributed by atoms with van der Waals surface area (Å²) in [6.07, 6.45) is 5.74. The summed E-state index contributed by atoms with van der Waals surface area (Å²) < 4.78 is 18.4. The molecule has 1 aromatic heterocycles. The number of aliphatic carboxylic acids is 1. The van der Waals surface area contributed by atoms with Gasteiger partial charge in [0.25, 0.3) is 0 Å². The molecular formula is C28H33NO6. The van der Waals surface area contributed by atoms with Crippen LogP contribution in [0.1, 0.15) is 34.8 Å². The van der Waals surface area contributed by atoms with Gasteiger partial charge in [-0.3, -0.25) is 4.79 Å². The first-order chi connectivity index (χ1) is 16.9. The third kappa shape index (κ3) is 5.62. The van der Waals surface area contributed by atoms with Crippen LogP contribution in [0.25, 0.3) is 0 Å². The molecule has 2 N–H and O–H groups in total. The first-order valence-electron chi connectivity index (χ1n) is 11.8. The second-order valence-electron chi connectivity index (χ2n) is 9.23. The monoisotopic (exact) mass is 479 g/mol. The lowest BCUT2D eigenvalue weighted by Crippen LogP contribution is -2.22. The van der Waals surface area contributed by atoms with Gasteiger partial charge in [0.1, 0.15) is 0 Å². The Bertz CT molecular complexity index is 1120. The van der Waals surface area contributed by atoms with Crippen LogP contribution in [0.15, 0.2) is 54.9 Å². The minimum atomic E-state index is -0.861. The fourth-order valence-corrected chi connectivity index (χ4v) is 5.25. The molecule has 4 rings (SSSR count). The van der Waals surface area contributed by atoms with Gasteiger partial charge in [-0.1, -0.05) is 24.3 Å². The van der Waals surface area contributed by atoms with Gasteiger partial charge in [0, 0.05) is 24.9 Å². The van der Waals surface area contributed by atoms with E-state index in [2.05, 4.69) is 24.3 Å². The lowest BCUT2D eigenvalue weighted by Gasteiger charge is -2.27. The Hall–Kier alpha value is -3.45. The van der Waals surface area contributed by atoms with Crippen LogP contribution >= 0.6 is 0 Å². The van der Waals surface area contributed by atoms with Gasteiger partial charge in [-0.05, 0) is 65.6 Å². The number of carboxylic acid groups (broad SMARTS) is 1. The fraction of sp³-hybridized carbons (Fsp3) is 0.393. The van der Waals surface area contributed by atoms with Crippen molar-refractivity contribution < 1.29 is 29.2 Å². The van der Waals surface area contributed by atoms with Gasteiger partial charge in [-0.15, -0.1) is 0 Å². The number of aliphatic hydroxyl groups excluding tert-OH is 1. The van der Waals surface area contributed by atoms with Gasteiger partial charge in [-0.25, -0.2) is 0 Å². The number of nitrogens with zero attached hydrogens (tertiary/aromatic N) is 1. The zero-order valence-corrected chi connectivity index (χ0v) is 20.4. The van der Waals surface area contributed by atoms with Crippen molar-refractivity contribution in [2.45, 2.75) is 38.3 Å². The zero-order chi connectivity index (χ0) is 24.9. The minimum Gasteiger partial charge on any atom is -0.493 e. The molecule has 2 aromatic carbocycles. The number of fused-ring (bicyclic) bond motifs is 1. The summed E-state index contributed by atoms with van der Waals surface area (Å²) in [4.78, 5) is 11.1. The van der Waals surface area contributed by atoms with Gasteiger partial charge < -0.3 is 29.0 Å². The first kappa shape index (κ1) is 24.7. The molecule has 0 aliphatic heterocycles. The highest BCUT2D eigenvalue weighted by molar-refractivity contribution is 5.70. The van der Waals surface area contributed by atoms with Crippen molar-refractivity contribution in [1.29, 1.82) is 0 Å². The van der Waals surface area contributed by atoms with Crippen molar-refractivity contribution in [3.05, 3.63) is 77.1 Å². The van der Waals surface area contributed by atoms with E-state index < -0.39 is 12.1 Å². The third-order valence-corrected chi connectivity index (χ3v) is 6.86. The largest absolute Gasteiger partial charge is 0.493 e. The van der Waals surface area contributed by atoms with Crippen LogP contribution in [0, 0.1) is 11.8 Å². The quantitative estimate of drug-likeness (QED) is 0.426. The standard InChI is InChI=1S/C28H33NO6/c1-33-24-14-22(15-25(34-2)28(24)35-3)27(32)23(17-29-9-8-18(16-29)13-26(30)31)12-19-10-20-6-4-5-7-21(20)11-19/h4-9,14-16,19,23,27,32H,10-13,17H2,1-3H3,(H,30,31)/t23-,27+/m0/s1. The van der Waals surface area contributed by atoms with Crippen LogP contribution < -0.4 is 14.2 Å². The van der Waals surface area contributed by atoms with Crippen molar-refractivity contribution in [2.75, 3.05) is 21.3 Å². The molecule has 3 aromatic rings. The summed E-state index contributed by atoms with van der Waals surface area (Å²) in [5.41, 5.74) is 4.19. The molecule has 0 amide bonds. The highest BCUT2D eigenvalue weighted by atomic mass is 16.5. The molecule has 0 radical (unpaired) electrons. The number of aliphatic hydroxyl groups is 1. The van der Waals surface area contributed by atoms with Crippen molar-refractivity contribution in [3.63, 3.8) is 0 Å². The lowest BCUT2D eigenvalue weighted by atomic mass is 9.85. The first-order valence-corrected chi connectivity index (χ1v) is 11.8. The highest BCUT2D eigenvalue weighted by Crippen LogP contribution is 2.42. The van der Waals surface area contributed by atoms with Crippen LogP contribution in [0.5, 0.6) is 17.2 Å². The summed E-state index contributed by atoms with van der Waals surface area (Å²) in [5, 5.41) is 20.7. The summed E-state index contributed by atoms with van der Waals surface area (Å²) in [5.74, 6) is 0.929. The van der Waals surface area contributed by atoms with Gasteiger partial charge in [-0.2, -0.15) is 0 Å². The summed E-state index contributed by atoms with van der Waals surface area (Å²) >= 11 is 0. The molecule has 0 unspecified atom stereocenters. The normalized spacial score (nSPS) is 14.9.